The van der Waals surface area contributed by atoms with Gasteiger partial charge in [0.15, 0.2) is 11.8 Å². The molecule has 0 amide bonds. The van der Waals surface area contributed by atoms with Gasteiger partial charge < -0.3 is 10.6 Å². The molecule has 2 heterocycles. The lowest BCUT2D eigenvalue weighted by atomic mass is 10.1. The average molecular weight is 385 g/mol. The Morgan fingerprint density at radius 1 is 1.32 bits per heavy atom. The monoisotopic (exact) mass is 384 g/mol. The maximum absolute atomic E-state index is 14.0. The van der Waals surface area contributed by atoms with Gasteiger partial charge in [-0.25, -0.2) is 14.1 Å². The molecule has 3 atom stereocenters. The van der Waals surface area contributed by atoms with Gasteiger partial charge in [-0.05, 0) is 31.4 Å². The van der Waals surface area contributed by atoms with Crippen molar-refractivity contribution in [3.8, 4) is 0 Å². The Hall–Kier alpha value is -2.44. The summed E-state index contributed by atoms with van der Waals surface area (Å²) in [5.41, 5.74) is 0.794. The molecule has 6 nitrogen and oxygen atoms in total. The van der Waals surface area contributed by atoms with Crippen LogP contribution in [0.5, 0.6) is 0 Å². The fourth-order valence-electron chi connectivity index (χ4n) is 3.82. The summed E-state index contributed by atoms with van der Waals surface area (Å²) >= 11 is 0. The summed E-state index contributed by atoms with van der Waals surface area (Å²) in [5, 5.41) is 11.7. The fraction of sp³-hybridized carbons (Fsp3) is 0.571. The second-order valence-electron chi connectivity index (χ2n) is 8.04. The van der Waals surface area contributed by atoms with Crippen LogP contribution in [0.2, 0.25) is 0 Å². The van der Waals surface area contributed by atoms with Crippen molar-refractivity contribution in [2.75, 3.05) is 6.54 Å². The zero-order chi connectivity index (χ0) is 19.7. The molecule has 7 heteroatoms. The number of hydrogen-bond donors (Lipinski definition) is 2. The summed E-state index contributed by atoms with van der Waals surface area (Å²) in [6, 6.07) is 7.54. The standard InChI is InChI=1S/C21H29FN6/c1-4-23-21(25-18-11-16(18)15-7-5-6-8-17(15)22)24-14-9-10-19-26-20(13(2)3)27-28(19)12-14/h5-8,13-14,16,18H,4,9-12H2,1-3H3,(H2,23,24,25). The van der Waals surface area contributed by atoms with Crippen LogP contribution in [0.1, 0.15) is 62.7 Å². The molecule has 3 unspecified atom stereocenters. The van der Waals surface area contributed by atoms with Gasteiger partial charge in [0.1, 0.15) is 11.6 Å². The van der Waals surface area contributed by atoms with E-state index in [9.17, 15) is 4.39 Å². The van der Waals surface area contributed by atoms with Crippen molar-refractivity contribution >= 4 is 5.96 Å². The van der Waals surface area contributed by atoms with Crippen molar-refractivity contribution in [2.45, 2.75) is 70.5 Å². The number of halogens is 1. The van der Waals surface area contributed by atoms with Gasteiger partial charge in [-0.3, -0.25) is 4.99 Å². The van der Waals surface area contributed by atoms with E-state index in [2.05, 4.69) is 39.6 Å². The number of aliphatic imine (C=N–C) groups is 1. The summed E-state index contributed by atoms with van der Waals surface area (Å²) in [7, 11) is 0. The smallest absolute Gasteiger partial charge is 0.191 e. The molecule has 1 aliphatic carbocycles. The molecule has 0 saturated heterocycles. The highest BCUT2D eigenvalue weighted by molar-refractivity contribution is 5.81. The Morgan fingerprint density at radius 2 is 2.14 bits per heavy atom. The lowest BCUT2D eigenvalue weighted by molar-refractivity contribution is 0.391. The Kier molecular flexibility index (Phi) is 5.33. The summed E-state index contributed by atoms with van der Waals surface area (Å²) < 4.78 is 16.0. The van der Waals surface area contributed by atoms with Crippen LogP contribution in [-0.4, -0.2) is 39.4 Å². The highest BCUT2D eigenvalue weighted by atomic mass is 19.1. The van der Waals surface area contributed by atoms with E-state index in [1.54, 1.807) is 6.07 Å². The predicted octanol–water partition coefficient (Wildman–Crippen LogP) is 2.97. The SMILES string of the molecule is CCN=C(NC1CCc2nc(C(C)C)nn2C1)NC1CC1c1ccccc1F. The van der Waals surface area contributed by atoms with Gasteiger partial charge in [-0.2, -0.15) is 5.10 Å². The highest BCUT2D eigenvalue weighted by Gasteiger charge is 2.40. The normalized spacial score (nSPS) is 24.2. The minimum atomic E-state index is -0.120. The van der Waals surface area contributed by atoms with Crippen LogP contribution in [0, 0.1) is 5.82 Å². The van der Waals surface area contributed by atoms with Crippen LogP contribution in [0.15, 0.2) is 29.3 Å². The van der Waals surface area contributed by atoms with Crippen molar-refractivity contribution in [3.05, 3.63) is 47.3 Å². The number of guanidine groups is 1. The first-order chi connectivity index (χ1) is 13.5. The number of nitrogens with one attached hydrogen (secondary N) is 2. The van der Waals surface area contributed by atoms with Crippen LogP contribution >= 0.6 is 0 Å². The number of fused-ring (bicyclic) bond motifs is 1. The third-order valence-electron chi connectivity index (χ3n) is 5.47. The van der Waals surface area contributed by atoms with Crippen molar-refractivity contribution in [3.63, 3.8) is 0 Å². The van der Waals surface area contributed by atoms with E-state index in [1.807, 2.05) is 23.7 Å². The van der Waals surface area contributed by atoms with Gasteiger partial charge in [0.25, 0.3) is 0 Å². The molecule has 150 valence electrons. The molecule has 0 bridgehead atoms. The molecule has 1 saturated carbocycles. The third-order valence-corrected chi connectivity index (χ3v) is 5.47. The summed E-state index contributed by atoms with van der Waals surface area (Å²) in [4.78, 5) is 9.25. The Labute approximate surface area is 165 Å². The van der Waals surface area contributed by atoms with E-state index >= 15 is 0 Å². The van der Waals surface area contributed by atoms with Crippen molar-refractivity contribution in [1.29, 1.82) is 0 Å². The number of nitrogens with zero attached hydrogens (tertiary/aromatic N) is 4. The largest absolute Gasteiger partial charge is 0.353 e. The molecule has 28 heavy (non-hydrogen) atoms. The number of benzene rings is 1. The minimum Gasteiger partial charge on any atom is -0.353 e. The summed E-state index contributed by atoms with van der Waals surface area (Å²) in [5.74, 6) is 3.24. The van der Waals surface area contributed by atoms with Crippen molar-refractivity contribution < 1.29 is 4.39 Å². The van der Waals surface area contributed by atoms with E-state index in [0.717, 1.165) is 49.0 Å². The second kappa shape index (κ2) is 7.89. The van der Waals surface area contributed by atoms with Crippen molar-refractivity contribution in [1.82, 2.24) is 25.4 Å². The maximum atomic E-state index is 14.0. The van der Waals surface area contributed by atoms with Gasteiger partial charge in [-0.1, -0.05) is 32.0 Å². The average Bonchev–Trinajstić information content (AvgIpc) is 3.28. The number of aromatic nitrogens is 3. The second-order valence-corrected chi connectivity index (χ2v) is 8.04. The summed E-state index contributed by atoms with van der Waals surface area (Å²) in [6.07, 6.45) is 2.85. The van der Waals surface area contributed by atoms with Gasteiger partial charge >= 0.3 is 0 Å². The molecule has 0 radical (unpaired) electrons. The minimum absolute atomic E-state index is 0.120. The van der Waals surface area contributed by atoms with Gasteiger partial charge in [-0.15, -0.1) is 0 Å². The molecule has 1 aliphatic heterocycles. The number of aryl methyl sites for hydroxylation is 1. The quantitative estimate of drug-likeness (QED) is 0.614. The molecule has 1 aromatic heterocycles. The van der Waals surface area contributed by atoms with Crippen molar-refractivity contribution in [2.24, 2.45) is 4.99 Å². The number of rotatable bonds is 5. The fourth-order valence-corrected chi connectivity index (χ4v) is 3.82. The van der Waals surface area contributed by atoms with E-state index in [-0.39, 0.29) is 23.8 Å². The Bertz CT molecular complexity index is 858. The van der Waals surface area contributed by atoms with Crippen LogP contribution in [0.25, 0.3) is 0 Å². The van der Waals surface area contributed by atoms with Crippen LogP contribution in [0.4, 0.5) is 4.39 Å². The van der Waals surface area contributed by atoms with E-state index in [4.69, 9.17) is 0 Å². The molecular formula is C21H29FN6. The molecule has 0 spiro atoms. The molecule has 2 N–H and O–H groups in total. The molecular weight excluding hydrogens is 355 g/mol. The number of hydrogen-bond acceptors (Lipinski definition) is 3. The van der Waals surface area contributed by atoms with E-state index in [0.29, 0.717) is 12.5 Å². The van der Waals surface area contributed by atoms with Crippen LogP contribution in [-0.2, 0) is 13.0 Å². The molecule has 2 aromatic rings. The summed E-state index contributed by atoms with van der Waals surface area (Å²) in [6.45, 7) is 7.76. The first-order valence-electron chi connectivity index (χ1n) is 10.3. The van der Waals surface area contributed by atoms with Gasteiger partial charge in [0.2, 0.25) is 0 Å². The lowest BCUT2D eigenvalue weighted by Gasteiger charge is -2.25. The molecule has 2 aliphatic rings. The maximum Gasteiger partial charge on any atom is 0.191 e. The Balaban J connectivity index is 1.37. The molecule has 4 rings (SSSR count). The molecule has 1 fully saturated rings. The zero-order valence-electron chi connectivity index (χ0n) is 16.8. The molecule has 1 aromatic carbocycles. The zero-order valence-corrected chi connectivity index (χ0v) is 16.8. The third kappa shape index (κ3) is 4.03. The van der Waals surface area contributed by atoms with E-state index in [1.165, 1.54) is 6.07 Å². The highest BCUT2D eigenvalue weighted by Crippen LogP contribution is 2.41. The van der Waals surface area contributed by atoms with Crippen LogP contribution in [0.3, 0.4) is 0 Å². The predicted molar refractivity (Wildman–Crippen MR) is 108 cm³/mol. The van der Waals surface area contributed by atoms with Gasteiger partial charge in [0.05, 0.1) is 6.54 Å². The first kappa shape index (κ1) is 18.9. The van der Waals surface area contributed by atoms with Gasteiger partial charge in [0, 0.05) is 36.9 Å². The lowest BCUT2D eigenvalue weighted by Crippen LogP contribution is -2.48. The van der Waals surface area contributed by atoms with E-state index < -0.39 is 0 Å². The first-order valence-corrected chi connectivity index (χ1v) is 10.3. The van der Waals surface area contributed by atoms with Crippen LogP contribution < -0.4 is 10.6 Å². The Morgan fingerprint density at radius 3 is 2.89 bits per heavy atom. The topological polar surface area (TPSA) is 67.1 Å².